The molecule has 1 amide bonds. The van der Waals surface area contributed by atoms with E-state index >= 15 is 0 Å². The molecular weight excluding hydrogens is 306 g/mol. The van der Waals surface area contributed by atoms with E-state index in [1.54, 1.807) is 48.5 Å². The SMILES string of the molecule is CC(=O)c1ccccc1NC(=O)Cn1cnc2ccccc2c1=O. The number of nitrogens with one attached hydrogen (secondary N) is 1. The van der Waals surface area contributed by atoms with Crippen LogP contribution in [0.25, 0.3) is 10.9 Å². The Kier molecular flexibility index (Phi) is 4.20. The first-order chi connectivity index (χ1) is 11.6. The quantitative estimate of drug-likeness (QED) is 0.747. The van der Waals surface area contributed by atoms with Crippen LogP contribution < -0.4 is 10.9 Å². The summed E-state index contributed by atoms with van der Waals surface area (Å²) in [5.41, 5.74) is 1.16. The molecule has 0 bridgehead atoms. The number of amides is 1. The predicted octanol–water partition coefficient (Wildman–Crippen LogP) is 2.24. The highest BCUT2D eigenvalue weighted by molar-refractivity contribution is 6.03. The van der Waals surface area contributed by atoms with Gasteiger partial charge in [-0.05, 0) is 31.2 Å². The van der Waals surface area contributed by atoms with E-state index < -0.39 is 5.91 Å². The van der Waals surface area contributed by atoms with Gasteiger partial charge in [0.25, 0.3) is 5.56 Å². The Morgan fingerprint density at radius 2 is 1.79 bits per heavy atom. The molecule has 0 spiro atoms. The van der Waals surface area contributed by atoms with E-state index in [-0.39, 0.29) is 17.9 Å². The molecule has 6 heteroatoms. The van der Waals surface area contributed by atoms with E-state index in [9.17, 15) is 14.4 Å². The molecule has 6 nitrogen and oxygen atoms in total. The molecule has 1 heterocycles. The van der Waals surface area contributed by atoms with Crippen molar-refractivity contribution >= 4 is 28.3 Å². The number of anilines is 1. The van der Waals surface area contributed by atoms with Crippen LogP contribution in [-0.2, 0) is 11.3 Å². The number of nitrogens with zero attached hydrogens (tertiary/aromatic N) is 2. The first-order valence-corrected chi connectivity index (χ1v) is 7.40. The van der Waals surface area contributed by atoms with Crippen LogP contribution in [0, 0.1) is 0 Å². The summed E-state index contributed by atoms with van der Waals surface area (Å²) in [4.78, 5) is 40.4. The summed E-state index contributed by atoms with van der Waals surface area (Å²) < 4.78 is 1.24. The van der Waals surface area contributed by atoms with Crippen molar-refractivity contribution in [2.45, 2.75) is 13.5 Å². The fourth-order valence-corrected chi connectivity index (χ4v) is 2.46. The Bertz CT molecular complexity index is 992. The minimum Gasteiger partial charge on any atom is -0.324 e. The van der Waals surface area contributed by atoms with Crippen LogP contribution in [-0.4, -0.2) is 21.2 Å². The van der Waals surface area contributed by atoms with Gasteiger partial charge in [-0.15, -0.1) is 0 Å². The highest BCUT2D eigenvalue weighted by Crippen LogP contribution is 2.15. The number of hydrogen-bond donors (Lipinski definition) is 1. The second kappa shape index (κ2) is 6.45. The average Bonchev–Trinajstić information content (AvgIpc) is 2.58. The van der Waals surface area contributed by atoms with Gasteiger partial charge in [0.05, 0.1) is 22.9 Å². The molecule has 0 atom stereocenters. The molecule has 120 valence electrons. The van der Waals surface area contributed by atoms with Crippen molar-refractivity contribution in [2.75, 3.05) is 5.32 Å². The zero-order valence-electron chi connectivity index (χ0n) is 13.0. The highest BCUT2D eigenvalue weighted by atomic mass is 16.2. The first kappa shape index (κ1) is 15.6. The van der Waals surface area contributed by atoms with Crippen LogP contribution in [0.3, 0.4) is 0 Å². The fraction of sp³-hybridized carbons (Fsp3) is 0.111. The maximum absolute atomic E-state index is 12.4. The number of ketones is 1. The molecule has 0 saturated heterocycles. The van der Waals surface area contributed by atoms with Gasteiger partial charge in [-0.3, -0.25) is 19.0 Å². The smallest absolute Gasteiger partial charge is 0.261 e. The number of carbonyl (C=O) groups is 2. The van der Waals surface area contributed by atoms with E-state index in [1.807, 2.05) is 0 Å². The fourth-order valence-electron chi connectivity index (χ4n) is 2.46. The second-order valence-electron chi connectivity index (χ2n) is 5.34. The molecule has 0 unspecified atom stereocenters. The summed E-state index contributed by atoms with van der Waals surface area (Å²) in [5, 5.41) is 3.12. The Hall–Kier alpha value is -3.28. The molecule has 0 fully saturated rings. The molecule has 0 radical (unpaired) electrons. The lowest BCUT2D eigenvalue weighted by Crippen LogP contribution is -2.28. The number of carbonyl (C=O) groups excluding carboxylic acids is 2. The van der Waals surface area contributed by atoms with E-state index in [1.165, 1.54) is 17.8 Å². The maximum atomic E-state index is 12.4. The third kappa shape index (κ3) is 3.08. The molecule has 1 N–H and O–H groups in total. The molecule has 0 aliphatic heterocycles. The third-order valence-electron chi connectivity index (χ3n) is 3.63. The predicted molar refractivity (Wildman–Crippen MR) is 91.1 cm³/mol. The number of rotatable bonds is 4. The Morgan fingerprint density at radius 1 is 1.08 bits per heavy atom. The first-order valence-electron chi connectivity index (χ1n) is 7.40. The Morgan fingerprint density at radius 3 is 2.58 bits per heavy atom. The molecule has 24 heavy (non-hydrogen) atoms. The molecule has 3 aromatic rings. The van der Waals surface area contributed by atoms with Crippen molar-refractivity contribution in [3.63, 3.8) is 0 Å². The van der Waals surface area contributed by atoms with E-state index in [0.29, 0.717) is 22.2 Å². The number of benzene rings is 2. The van der Waals surface area contributed by atoms with Gasteiger partial charge in [-0.1, -0.05) is 24.3 Å². The van der Waals surface area contributed by atoms with Gasteiger partial charge in [-0.2, -0.15) is 0 Å². The largest absolute Gasteiger partial charge is 0.324 e. The van der Waals surface area contributed by atoms with Gasteiger partial charge in [0.1, 0.15) is 6.54 Å². The summed E-state index contributed by atoms with van der Waals surface area (Å²) in [6.45, 7) is 1.26. The van der Waals surface area contributed by atoms with E-state index in [4.69, 9.17) is 0 Å². The van der Waals surface area contributed by atoms with Crippen LogP contribution in [0.1, 0.15) is 17.3 Å². The van der Waals surface area contributed by atoms with E-state index in [0.717, 1.165) is 0 Å². The van der Waals surface area contributed by atoms with Gasteiger partial charge >= 0.3 is 0 Å². The van der Waals surface area contributed by atoms with Crippen molar-refractivity contribution in [1.82, 2.24) is 9.55 Å². The topological polar surface area (TPSA) is 81.1 Å². The lowest BCUT2D eigenvalue weighted by molar-refractivity contribution is -0.116. The monoisotopic (exact) mass is 321 g/mol. The minimum absolute atomic E-state index is 0.143. The van der Waals surface area contributed by atoms with Crippen molar-refractivity contribution in [2.24, 2.45) is 0 Å². The average molecular weight is 321 g/mol. The van der Waals surface area contributed by atoms with Crippen molar-refractivity contribution < 1.29 is 9.59 Å². The lowest BCUT2D eigenvalue weighted by Gasteiger charge is -2.10. The minimum atomic E-state index is -0.400. The van der Waals surface area contributed by atoms with Crippen LogP contribution in [0.2, 0.25) is 0 Å². The highest BCUT2D eigenvalue weighted by Gasteiger charge is 2.11. The van der Waals surface area contributed by atoms with Crippen molar-refractivity contribution in [1.29, 1.82) is 0 Å². The van der Waals surface area contributed by atoms with Crippen LogP contribution in [0.15, 0.2) is 59.7 Å². The van der Waals surface area contributed by atoms with Gasteiger partial charge in [0.2, 0.25) is 5.91 Å². The zero-order valence-corrected chi connectivity index (χ0v) is 13.0. The summed E-state index contributed by atoms with van der Waals surface area (Å²) >= 11 is 0. The van der Waals surface area contributed by atoms with Crippen molar-refractivity contribution in [3.8, 4) is 0 Å². The van der Waals surface area contributed by atoms with Gasteiger partial charge < -0.3 is 5.32 Å². The summed E-state index contributed by atoms with van der Waals surface area (Å²) in [7, 11) is 0. The number of fused-ring (bicyclic) bond motifs is 1. The second-order valence-corrected chi connectivity index (χ2v) is 5.34. The zero-order chi connectivity index (χ0) is 17.1. The van der Waals surface area contributed by atoms with E-state index in [2.05, 4.69) is 10.3 Å². The van der Waals surface area contributed by atoms with Crippen molar-refractivity contribution in [3.05, 3.63) is 70.8 Å². The van der Waals surface area contributed by atoms with Gasteiger partial charge in [0, 0.05) is 5.56 Å². The number of hydrogen-bond acceptors (Lipinski definition) is 4. The molecule has 0 aliphatic carbocycles. The Balaban J connectivity index is 1.85. The number of aromatic nitrogens is 2. The summed E-state index contributed by atoms with van der Waals surface area (Å²) in [6.07, 6.45) is 1.35. The number of para-hydroxylation sites is 2. The molecule has 2 aromatic carbocycles. The molecule has 0 aliphatic rings. The Labute approximate surface area is 137 Å². The summed E-state index contributed by atoms with van der Waals surface area (Å²) in [5.74, 6) is -0.543. The number of Topliss-reactive ketones (excluding diaryl/α,β-unsaturated/α-hetero) is 1. The molecule has 0 saturated carbocycles. The van der Waals surface area contributed by atoms with Crippen LogP contribution >= 0.6 is 0 Å². The lowest BCUT2D eigenvalue weighted by atomic mass is 10.1. The molecular formula is C18H15N3O3. The normalized spacial score (nSPS) is 10.5. The third-order valence-corrected chi connectivity index (χ3v) is 3.63. The van der Waals surface area contributed by atoms with Gasteiger partial charge in [0.15, 0.2) is 5.78 Å². The molecule has 3 rings (SSSR count). The summed E-state index contributed by atoms with van der Waals surface area (Å²) in [6, 6.07) is 13.7. The van der Waals surface area contributed by atoms with Crippen LogP contribution in [0.4, 0.5) is 5.69 Å². The maximum Gasteiger partial charge on any atom is 0.261 e. The standard InChI is InChI=1S/C18H15N3O3/c1-12(22)13-6-2-5-9-16(13)20-17(23)10-21-11-19-15-8-4-3-7-14(15)18(21)24/h2-9,11H,10H2,1H3,(H,20,23). The molecule has 1 aromatic heterocycles. The van der Waals surface area contributed by atoms with Gasteiger partial charge in [-0.25, -0.2) is 4.98 Å². The van der Waals surface area contributed by atoms with Crippen LogP contribution in [0.5, 0.6) is 0 Å².